The van der Waals surface area contributed by atoms with Gasteiger partial charge < -0.3 is 20.5 Å². The fraction of sp³-hybridized carbons (Fsp3) is 0.333. The van der Waals surface area contributed by atoms with Gasteiger partial charge in [0.25, 0.3) is 0 Å². The second-order valence-corrected chi connectivity index (χ2v) is 6.01. The van der Waals surface area contributed by atoms with Crippen molar-refractivity contribution in [3.63, 3.8) is 0 Å². The molecular weight excluding hydrogens is 325 g/mol. The van der Waals surface area contributed by atoms with Crippen molar-refractivity contribution in [2.75, 3.05) is 13.2 Å². The minimum atomic E-state index is -0.864. The molecular formula is C18H20FN3O3. The predicted molar refractivity (Wildman–Crippen MR) is 89.5 cm³/mol. The Hall–Kier alpha value is -2.51. The maximum absolute atomic E-state index is 12.9. The fourth-order valence-electron chi connectivity index (χ4n) is 2.52. The van der Waals surface area contributed by atoms with Gasteiger partial charge in [-0.2, -0.15) is 0 Å². The molecule has 0 atom stereocenters. The molecule has 2 aromatic rings. The predicted octanol–water partition coefficient (Wildman–Crippen LogP) is 2.14. The number of carbonyl (C=O) groups is 1. The number of nitrogens with two attached hydrogens (primary N) is 1. The third-order valence-corrected chi connectivity index (χ3v) is 4.12. The highest BCUT2D eigenvalue weighted by molar-refractivity contribution is 5.86. The molecule has 3 rings (SSSR count). The fourth-order valence-corrected chi connectivity index (χ4v) is 2.52. The Bertz CT molecular complexity index is 713. The lowest BCUT2D eigenvalue weighted by molar-refractivity contribution is -0.129. The summed E-state index contributed by atoms with van der Waals surface area (Å²) in [6, 6.07) is 9.19. The first-order chi connectivity index (χ1) is 12.0. The number of amides is 1. The molecule has 1 aliphatic rings. The summed E-state index contributed by atoms with van der Waals surface area (Å²) in [5, 5.41) is 2.84. The van der Waals surface area contributed by atoms with E-state index in [1.807, 2.05) is 0 Å². The zero-order valence-corrected chi connectivity index (χ0v) is 13.7. The standard InChI is InChI=1S/C18H20FN3O3/c19-14-2-4-15(5-3-14)25-16-6-1-13(11-21-16)12-22-17(23)18(20)7-9-24-10-8-18/h1-6,11H,7-10,12,20H2,(H,22,23). The summed E-state index contributed by atoms with van der Waals surface area (Å²) in [5.41, 5.74) is 6.10. The third kappa shape index (κ3) is 4.52. The molecule has 0 aliphatic carbocycles. The van der Waals surface area contributed by atoms with Crippen LogP contribution in [0.2, 0.25) is 0 Å². The van der Waals surface area contributed by atoms with E-state index in [2.05, 4.69) is 10.3 Å². The van der Waals surface area contributed by atoms with Crippen molar-refractivity contribution in [2.24, 2.45) is 5.73 Å². The van der Waals surface area contributed by atoms with Gasteiger partial charge in [0.2, 0.25) is 11.8 Å². The Labute approximate surface area is 145 Å². The van der Waals surface area contributed by atoms with E-state index < -0.39 is 5.54 Å². The molecule has 0 unspecified atom stereocenters. The van der Waals surface area contributed by atoms with Gasteiger partial charge in [0.15, 0.2) is 0 Å². The van der Waals surface area contributed by atoms with Crippen LogP contribution in [-0.2, 0) is 16.1 Å². The van der Waals surface area contributed by atoms with Crippen molar-refractivity contribution >= 4 is 5.91 Å². The highest BCUT2D eigenvalue weighted by Gasteiger charge is 2.35. The molecule has 3 N–H and O–H groups in total. The number of hydrogen-bond acceptors (Lipinski definition) is 5. The summed E-state index contributed by atoms with van der Waals surface area (Å²) < 4.78 is 23.6. The number of pyridine rings is 1. The van der Waals surface area contributed by atoms with E-state index in [-0.39, 0.29) is 11.7 Å². The van der Waals surface area contributed by atoms with Crippen molar-refractivity contribution in [3.8, 4) is 11.6 Å². The van der Waals surface area contributed by atoms with Gasteiger partial charge in [-0.25, -0.2) is 9.37 Å². The van der Waals surface area contributed by atoms with Crippen molar-refractivity contribution in [2.45, 2.75) is 24.9 Å². The molecule has 25 heavy (non-hydrogen) atoms. The Kier molecular flexibility index (Phi) is 5.25. The number of halogens is 1. The number of carbonyl (C=O) groups excluding carboxylic acids is 1. The van der Waals surface area contributed by atoms with Gasteiger partial charge in [0, 0.05) is 32.0 Å². The van der Waals surface area contributed by atoms with Crippen LogP contribution in [0.25, 0.3) is 0 Å². The minimum Gasteiger partial charge on any atom is -0.439 e. The number of benzene rings is 1. The zero-order chi connectivity index (χ0) is 17.7. The maximum atomic E-state index is 12.9. The maximum Gasteiger partial charge on any atom is 0.240 e. The van der Waals surface area contributed by atoms with Gasteiger partial charge in [0.05, 0.1) is 5.54 Å². The van der Waals surface area contributed by atoms with Crippen LogP contribution in [-0.4, -0.2) is 29.6 Å². The number of nitrogens with one attached hydrogen (secondary N) is 1. The van der Waals surface area contributed by atoms with Gasteiger partial charge in [-0.3, -0.25) is 4.79 Å². The molecule has 0 radical (unpaired) electrons. The normalized spacial score (nSPS) is 16.2. The molecule has 1 aromatic heterocycles. The number of nitrogens with zero attached hydrogens (tertiary/aromatic N) is 1. The lowest BCUT2D eigenvalue weighted by Gasteiger charge is -2.31. The first-order valence-corrected chi connectivity index (χ1v) is 8.08. The third-order valence-electron chi connectivity index (χ3n) is 4.12. The Morgan fingerprint density at radius 3 is 2.60 bits per heavy atom. The summed E-state index contributed by atoms with van der Waals surface area (Å²) in [7, 11) is 0. The highest BCUT2D eigenvalue weighted by atomic mass is 19.1. The van der Waals surface area contributed by atoms with Crippen LogP contribution in [0.1, 0.15) is 18.4 Å². The molecule has 0 spiro atoms. The molecule has 1 amide bonds. The van der Waals surface area contributed by atoms with Gasteiger partial charge in [-0.15, -0.1) is 0 Å². The zero-order valence-electron chi connectivity index (χ0n) is 13.7. The number of aromatic nitrogens is 1. The van der Waals surface area contributed by atoms with E-state index >= 15 is 0 Å². The van der Waals surface area contributed by atoms with Crippen molar-refractivity contribution < 1.29 is 18.7 Å². The molecule has 132 valence electrons. The molecule has 2 heterocycles. The van der Waals surface area contributed by atoms with E-state index in [0.29, 0.717) is 44.2 Å². The molecule has 0 bridgehead atoms. The van der Waals surface area contributed by atoms with E-state index in [9.17, 15) is 9.18 Å². The lowest BCUT2D eigenvalue weighted by Crippen LogP contribution is -2.56. The number of ether oxygens (including phenoxy) is 2. The van der Waals surface area contributed by atoms with Crippen LogP contribution in [0.5, 0.6) is 11.6 Å². The van der Waals surface area contributed by atoms with Crippen LogP contribution >= 0.6 is 0 Å². The van der Waals surface area contributed by atoms with Gasteiger partial charge in [-0.1, -0.05) is 6.07 Å². The van der Waals surface area contributed by atoms with Crippen LogP contribution in [0, 0.1) is 5.82 Å². The van der Waals surface area contributed by atoms with Crippen LogP contribution in [0.4, 0.5) is 4.39 Å². The monoisotopic (exact) mass is 345 g/mol. The van der Waals surface area contributed by atoms with Gasteiger partial charge in [-0.05, 0) is 42.7 Å². The van der Waals surface area contributed by atoms with Crippen molar-refractivity contribution in [1.82, 2.24) is 10.3 Å². The average molecular weight is 345 g/mol. The largest absolute Gasteiger partial charge is 0.439 e. The molecule has 1 saturated heterocycles. The van der Waals surface area contributed by atoms with Crippen LogP contribution < -0.4 is 15.8 Å². The topological polar surface area (TPSA) is 86.5 Å². The van der Waals surface area contributed by atoms with Crippen molar-refractivity contribution in [3.05, 3.63) is 54.0 Å². The second-order valence-electron chi connectivity index (χ2n) is 6.01. The summed E-state index contributed by atoms with van der Waals surface area (Å²) in [5.74, 6) is 0.386. The van der Waals surface area contributed by atoms with E-state index in [1.165, 1.54) is 24.3 Å². The molecule has 1 aliphatic heterocycles. The van der Waals surface area contributed by atoms with E-state index in [0.717, 1.165) is 5.56 Å². The summed E-state index contributed by atoms with van der Waals surface area (Å²) in [6.07, 6.45) is 2.65. The van der Waals surface area contributed by atoms with Crippen LogP contribution in [0.15, 0.2) is 42.6 Å². The first kappa shape index (κ1) is 17.3. The molecule has 0 saturated carbocycles. The van der Waals surface area contributed by atoms with Crippen LogP contribution in [0.3, 0.4) is 0 Å². The quantitative estimate of drug-likeness (QED) is 0.867. The average Bonchev–Trinajstić information content (AvgIpc) is 2.63. The lowest BCUT2D eigenvalue weighted by atomic mass is 9.90. The Morgan fingerprint density at radius 1 is 1.24 bits per heavy atom. The highest BCUT2D eigenvalue weighted by Crippen LogP contribution is 2.20. The molecule has 6 nitrogen and oxygen atoms in total. The SMILES string of the molecule is NC1(C(=O)NCc2ccc(Oc3ccc(F)cc3)nc2)CCOCC1. The van der Waals surface area contributed by atoms with E-state index in [4.69, 9.17) is 15.2 Å². The summed E-state index contributed by atoms with van der Waals surface area (Å²) in [6.45, 7) is 1.34. The van der Waals surface area contributed by atoms with E-state index in [1.54, 1.807) is 18.3 Å². The number of rotatable bonds is 5. The molecule has 7 heteroatoms. The summed E-state index contributed by atoms with van der Waals surface area (Å²) >= 11 is 0. The van der Waals surface area contributed by atoms with Gasteiger partial charge in [0.1, 0.15) is 11.6 Å². The Morgan fingerprint density at radius 2 is 1.96 bits per heavy atom. The summed E-state index contributed by atoms with van der Waals surface area (Å²) in [4.78, 5) is 16.4. The second kappa shape index (κ2) is 7.58. The molecule has 1 aromatic carbocycles. The van der Waals surface area contributed by atoms with Crippen molar-refractivity contribution in [1.29, 1.82) is 0 Å². The minimum absolute atomic E-state index is 0.178. The number of hydrogen-bond donors (Lipinski definition) is 2. The van der Waals surface area contributed by atoms with Gasteiger partial charge >= 0.3 is 0 Å². The Balaban J connectivity index is 1.53. The first-order valence-electron chi connectivity index (χ1n) is 8.08. The smallest absolute Gasteiger partial charge is 0.240 e. The molecule has 1 fully saturated rings.